The van der Waals surface area contributed by atoms with Crippen molar-refractivity contribution in [1.29, 1.82) is 0 Å². The van der Waals surface area contributed by atoms with Gasteiger partial charge in [0, 0.05) is 23.3 Å². The zero-order valence-corrected chi connectivity index (χ0v) is 18.2. The van der Waals surface area contributed by atoms with Gasteiger partial charge in [-0.25, -0.2) is 4.68 Å². The molecule has 8 heteroatoms. The quantitative estimate of drug-likeness (QED) is 0.739. The summed E-state index contributed by atoms with van der Waals surface area (Å²) in [5, 5.41) is 8.79. The summed E-state index contributed by atoms with van der Waals surface area (Å²) in [5.41, 5.74) is 2.40. The maximum Gasteiger partial charge on any atom is 0.227 e. The lowest BCUT2D eigenvalue weighted by Crippen LogP contribution is -2.36. The SMILES string of the molecule is CCSc1nc2n(n1)C(c1cccc(OC)c1OC)C1=C(CC(C)(C)CC1=O)N2. The number of allylic oxidation sites excluding steroid dienone is 2. The number of rotatable bonds is 5. The van der Waals surface area contributed by atoms with E-state index in [-0.39, 0.29) is 11.2 Å². The molecule has 0 bridgehead atoms. The number of thioether (sulfide) groups is 1. The summed E-state index contributed by atoms with van der Waals surface area (Å²) in [6.07, 6.45) is 1.27. The molecule has 1 aromatic heterocycles. The Hall–Kier alpha value is -2.48. The topological polar surface area (TPSA) is 78.3 Å². The minimum Gasteiger partial charge on any atom is -0.493 e. The zero-order chi connectivity index (χ0) is 20.8. The first-order valence-electron chi connectivity index (χ1n) is 9.72. The van der Waals surface area contributed by atoms with Crippen molar-refractivity contribution < 1.29 is 14.3 Å². The number of hydrogen-bond acceptors (Lipinski definition) is 7. The van der Waals surface area contributed by atoms with E-state index in [2.05, 4.69) is 31.1 Å². The highest BCUT2D eigenvalue weighted by Gasteiger charge is 2.43. The van der Waals surface area contributed by atoms with Crippen LogP contribution in [0.25, 0.3) is 0 Å². The third kappa shape index (κ3) is 3.39. The van der Waals surface area contributed by atoms with Gasteiger partial charge in [0.25, 0.3) is 0 Å². The van der Waals surface area contributed by atoms with Gasteiger partial charge in [-0.3, -0.25) is 4.79 Å². The van der Waals surface area contributed by atoms with Crippen LogP contribution in [0.4, 0.5) is 5.95 Å². The number of hydrogen-bond donors (Lipinski definition) is 1. The molecule has 1 aromatic carbocycles. The summed E-state index contributed by atoms with van der Waals surface area (Å²) in [4.78, 5) is 18.0. The number of aromatic nitrogens is 3. The third-order valence-electron chi connectivity index (χ3n) is 5.31. The monoisotopic (exact) mass is 414 g/mol. The predicted octanol–water partition coefficient (Wildman–Crippen LogP) is 4.07. The van der Waals surface area contributed by atoms with E-state index in [0.29, 0.717) is 29.0 Å². The average Bonchev–Trinajstić information content (AvgIpc) is 3.06. The van der Waals surface area contributed by atoms with Crippen LogP contribution in [0.3, 0.4) is 0 Å². The van der Waals surface area contributed by atoms with E-state index >= 15 is 0 Å². The summed E-state index contributed by atoms with van der Waals surface area (Å²) in [6, 6.07) is 5.32. The summed E-state index contributed by atoms with van der Waals surface area (Å²) in [5.74, 6) is 2.89. The van der Waals surface area contributed by atoms with Crippen LogP contribution in [0.5, 0.6) is 11.5 Å². The van der Waals surface area contributed by atoms with Gasteiger partial charge in [-0.15, -0.1) is 5.10 Å². The maximum absolute atomic E-state index is 13.3. The van der Waals surface area contributed by atoms with Crippen molar-refractivity contribution in [3.63, 3.8) is 0 Å². The number of ketones is 1. The number of nitrogens with zero attached hydrogens (tertiary/aromatic N) is 3. The Morgan fingerprint density at radius 3 is 2.76 bits per heavy atom. The van der Waals surface area contributed by atoms with Gasteiger partial charge in [0.15, 0.2) is 17.3 Å². The lowest BCUT2D eigenvalue weighted by atomic mass is 9.73. The van der Waals surface area contributed by atoms with Gasteiger partial charge in [0.1, 0.15) is 6.04 Å². The van der Waals surface area contributed by atoms with Gasteiger partial charge in [-0.2, -0.15) is 4.98 Å². The minimum atomic E-state index is -0.409. The second kappa shape index (κ2) is 7.40. The van der Waals surface area contributed by atoms with E-state index < -0.39 is 6.04 Å². The van der Waals surface area contributed by atoms with Gasteiger partial charge < -0.3 is 14.8 Å². The highest BCUT2D eigenvalue weighted by atomic mass is 32.2. The molecule has 0 spiro atoms. The van der Waals surface area contributed by atoms with Gasteiger partial charge >= 0.3 is 0 Å². The van der Waals surface area contributed by atoms with Gasteiger partial charge in [-0.1, -0.05) is 44.7 Å². The van der Waals surface area contributed by atoms with Crippen molar-refractivity contribution in [1.82, 2.24) is 14.8 Å². The standard InChI is InChI=1S/C21H26N4O3S/c1-6-29-20-23-19-22-13-10-21(2,3)11-14(26)16(13)17(25(19)24-20)12-8-7-9-15(27-4)18(12)28-5/h7-9,17H,6,10-11H2,1-5H3,(H,22,23,24). The number of fused-ring (bicyclic) bond motifs is 1. The molecule has 2 aromatic rings. The van der Waals surface area contributed by atoms with Gasteiger partial charge in [0.2, 0.25) is 11.1 Å². The van der Waals surface area contributed by atoms with Crippen LogP contribution in [-0.2, 0) is 4.79 Å². The lowest BCUT2D eigenvalue weighted by Gasteiger charge is -2.38. The van der Waals surface area contributed by atoms with Gasteiger partial charge in [-0.05, 0) is 23.7 Å². The minimum absolute atomic E-state index is 0.102. The van der Waals surface area contributed by atoms with Crippen molar-refractivity contribution in [2.45, 2.75) is 44.8 Å². The Labute approximate surface area is 174 Å². The fourth-order valence-corrected chi connectivity index (χ4v) is 4.75. The van der Waals surface area contributed by atoms with Crippen LogP contribution in [0.15, 0.2) is 34.6 Å². The van der Waals surface area contributed by atoms with Crippen LogP contribution < -0.4 is 14.8 Å². The Kier molecular flexibility index (Phi) is 5.06. The summed E-state index contributed by atoms with van der Waals surface area (Å²) < 4.78 is 13.0. The van der Waals surface area contributed by atoms with E-state index in [1.165, 1.54) is 0 Å². The molecule has 0 fully saturated rings. The third-order valence-corrected chi connectivity index (χ3v) is 6.03. The average molecular weight is 415 g/mol. The highest BCUT2D eigenvalue weighted by molar-refractivity contribution is 7.99. The molecule has 1 aliphatic carbocycles. The molecule has 1 atom stereocenters. The molecule has 0 saturated heterocycles. The number of Topliss-reactive ketones (excluding diaryl/α,β-unsaturated/α-hetero) is 1. The second-order valence-corrected chi connectivity index (χ2v) is 9.27. The molecule has 0 amide bonds. The molecule has 0 saturated carbocycles. The summed E-state index contributed by atoms with van der Waals surface area (Å²) in [7, 11) is 3.23. The van der Waals surface area contributed by atoms with E-state index in [1.54, 1.807) is 26.0 Å². The van der Waals surface area contributed by atoms with E-state index in [9.17, 15) is 4.79 Å². The molecule has 2 aliphatic rings. The van der Waals surface area contributed by atoms with E-state index in [0.717, 1.165) is 29.0 Å². The second-order valence-electron chi connectivity index (χ2n) is 8.04. The Morgan fingerprint density at radius 1 is 1.28 bits per heavy atom. The van der Waals surface area contributed by atoms with Crippen molar-refractivity contribution in [2.24, 2.45) is 5.41 Å². The number of nitrogens with one attached hydrogen (secondary N) is 1. The first-order chi connectivity index (χ1) is 13.9. The fraction of sp³-hybridized carbons (Fsp3) is 0.476. The predicted molar refractivity (Wildman–Crippen MR) is 113 cm³/mol. The first-order valence-corrected chi connectivity index (χ1v) is 10.7. The highest BCUT2D eigenvalue weighted by Crippen LogP contribution is 2.48. The Balaban J connectivity index is 1.94. The fourth-order valence-electron chi connectivity index (χ4n) is 4.19. The molecule has 2 heterocycles. The first kappa shape index (κ1) is 19.8. The number of carbonyl (C=O) groups excluding carboxylic acids is 1. The van der Waals surface area contributed by atoms with E-state index in [4.69, 9.17) is 14.6 Å². The van der Waals surface area contributed by atoms with Crippen LogP contribution in [0.1, 0.15) is 45.2 Å². The largest absolute Gasteiger partial charge is 0.493 e. The van der Waals surface area contributed by atoms with Crippen LogP contribution in [-0.4, -0.2) is 40.5 Å². The number of benzene rings is 1. The van der Waals surface area contributed by atoms with Crippen molar-refractivity contribution >= 4 is 23.5 Å². The lowest BCUT2D eigenvalue weighted by molar-refractivity contribution is -0.118. The van der Waals surface area contributed by atoms with Crippen molar-refractivity contribution in [2.75, 3.05) is 25.3 Å². The normalized spacial score (nSPS) is 20.0. The van der Waals surface area contributed by atoms with Crippen molar-refractivity contribution in [3.8, 4) is 11.5 Å². The molecule has 4 rings (SSSR count). The van der Waals surface area contributed by atoms with E-state index in [1.807, 2.05) is 22.9 Å². The smallest absolute Gasteiger partial charge is 0.227 e. The number of para-hydroxylation sites is 1. The van der Waals surface area contributed by atoms with Crippen LogP contribution in [0, 0.1) is 5.41 Å². The number of methoxy groups -OCH3 is 2. The summed E-state index contributed by atoms with van der Waals surface area (Å²) >= 11 is 1.58. The number of carbonyl (C=O) groups is 1. The Morgan fingerprint density at radius 2 is 2.07 bits per heavy atom. The number of anilines is 1. The molecular formula is C21H26N4O3S. The molecule has 0 radical (unpaired) electrons. The van der Waals surface area contributed by atoms with Gasteiger partial charge in [0.05, 0.1) is 14.2 Å². The van der Waals surface area contributed by atoms with Crippen LogP contribution >= 0.6 is 11.8 Å². The Bertz CT molecular complexity index is 996. The molecule has 1 unspecified atom stereocenters. The van der Waals surface area contributed by atoms with Crippen LogP contribution in [0.2, 0.25) is 0 Å². The molecule has 29 heavy (non-hydrogen) atoms. The number of ether oxygens (including phenoxy) is 2. The molecule has 7 nitrogen and oxygen atoms in total. The van der Waals surface area contributed by atoms with Crippen molar-refractivity contribution in [3.05, 3.63) is 35.0 Å². The zero-order valence-electron chi connectivity index (χ0n) is 17.4. The molecule has 154 valence electrons. The maximum atomic E-state index is 13.3. The molecular weight excluding hydrogens is 388 g/mol. The molecule has 1 N–H and O–H groups in total. The summed E-state index contributed by atoms with van der Waals surface area (Å²) in [6.45, 7) is 6.31. The molecule has 1 aliphatic heterocycles.